The minimum Gasteiger partial charge on any atom is -0.339 e. The molecule has 112 valence electrons. The van der Waals surface area contributed by atoms with Crippen LogP contribution in [0.5, 0.6) is 0 Å². The summed E-state index contributed by atoms with van der Waals surface area (Å²) < 4.78 is 1.71. The van der Waals surface area contributed by atoms with E-state index in [4.69, 9.17) is 0 Å². The second kappa shape index (κ2) is 7.53. The van der Waals surface area contributed by atoms with Crippen molar-refractivity contribution in [3.8, 4) is 0 Å². The molecule has 0 saturated carbocycles. The van der Waals surface area contributed by atoms with Crippen molar-refractivity contribution in [1.29, 1.82) is 0 Å². The summed E-state index contributed by atoms with van der Waals surface area (Å²) in [6.07, 6.45) is 0. The Labute approximate surface area is 138 Å². The summed E-state index contributed by atoms with van der Waals surface area (Å²) >= 11 is 8.10. The van der Waals surface area contributed by atoms with E-state index in [-0.39, 0.29) is 17.7 Å². The molecule has 0 fully saturated rings. The van der Waals surface area contributed by atoms with Crippen LogP contribution in [0, 0.1) is 12.8 Å². The van der Waals surface area contributed by atoms with Gasteiger partial charge in [0.25, 0.3) is 11.8 Å². The zero-order valence-corrected chi connectivity index (χ0v) is 15.5. The lowest BCUT2D eigenvalue weighted by Crippen LogP contribution is -2.49. The fourth-order valence-corrected chi connectivity index (χ4v) is 3.76. The van der Waals surface area contributed by atoms with E-state index in [2.05, 4.69) is 47.5 Å². The first-order valence-corrected chi connectivity index (χ1v) is 8.27. The summed E-state index contributed by atoms with van der Waals surface area (Å²) in [6.45, 7) is 5.56. The molecule has 1 aromatic rings. The zero-order valence-electron chi connectivity index (χ0n) is 11.5. The van der Waals surface area contributed by atoms with Crippen LogP contribution in [-0.4, -0.2) is 25.0 Å². The summed E-state index contributed by atoms with van der Waals surface area (Å²) in [5, 5.41) is 2.74. The molecule has 0 unspecified atom stereocenters. The monoisotopic (exact) mass is 426 g/mol. The van der Waals surface area contributed by atoms with Crippen LogP contribution in [0.3, 0.4) is 0 Å². The van der Waals surface area contributed by atoms with E-state index in [0.29, 0.717) is 4.88 Å². The van der Waals surface area contributed by atoms with Gasteiger partial charge in [0.15, 0.2) is 0 Å². The van der Waals surface area contributed by atoms with Crippen molar-refractivity contribution in [2.24, 2.45) is 5.92 Å². The highest BCUT2D eigenvalue weighted by Gasteiger charge is 2.26. The van der Waals surface area contributed by atoms with Crippen LogP contribution < -0.4 is 10.8 Å². The number of thiophene rings is 1. The van der Waals surface area contributed by atoms with E-state index in [1.54, 1.807) is 0 Å². The molecule has 0 aliphatic carbocycles. The van der Waals surface area contributed by atoms with Crippen LogP contribution in [0.1, 0.15) is 29.1 Å². The van der Waals surface area contributed by atoms with Gasteiger partial charge in [-0.1, -0.05) is 13.8 Å². The minimum absolute atomic E-state index is 0.0544. The van der Waals surface area contributed by atoms with Gasteiger partial charge in [0.1, 0.15) is 6.04 Å². The fourth-order valence-electron chi connectivity index (χ4n) is 1.58. The number of hydroxylamine groups is 1. The Kier molecular flexibility index (Phi) is 6.63. The van der Waals surface area contributed by atoms with Crippen LogP contribution in [0.15, 0.2) is 8.26 Å². The van der Waals surface area contributed by atoms with Gasteiger partial charge in [-0.05, 0) is 50.3 Å². The van der Waals surface area contributed by atoms with E-state index in [9.17, 15) is 9.59 Å². The van der Waals surface area contributed by atoms with Gasteiger partial charge >= 0.3 is 0 Å². The maximum atomic E-state index is 12.3. The molecule has 0 radical (unpaired) electrons. The second-order valence-corrected chi connectivity index (χ2v) is 7.64. The van der Waals surface area contributed by atoms with E-state index >= 15 is 0 Å². The van der Waals surface area contributed by atoms with Gasteiger partial charge in [-0.15, -0.1) is 11.3 Å². The lowest BCUT2D eigenvalue weighted by atomic mass is 10.0. The van der Waals surface area contributed by atoms with Gasteiger partial charge in [0.2, 0.25) is 0 Å². The van der Waals surface area contributed by atoms with Crippen LogP contribution in [-0.2, 0) is 9.63 Å². The largest absolute Gasteiger partial charge is 0.339 e. The third-order valence-corrected chi connectivity index (χ3v) is 6.43. The molecule has 2 N–H and O–H groups in total. The molecule has 0 saturated heterocycles. The van der Waals surface area contributed by atoms with Crippen molar-refractivity contribution in [1.82, 2.24) is 10.8 Å². The first-order valence-electron chi connectivity index (χ1n) is 5.87. The Hall–Kier alpha value is -0.440. The van der Waals surface area contributed by atoms with Gasteiger partial charge in [0.05, 0.1) is 15.8 Å². The molecule has 1 aromatic heterocycles. The van der Waals surface area contributed by atoms with Crippen LogP contribution >= 0.6 is 43.2 Å². The number of carbonyl (C=O) groups excluding carboxylic acids is 2. The van der Waals surface area contributed by atoms with Gasteiger partial charge in [-0.3, -0.25) is 14.4 Å². The maximum absolute atomic E-state index is 12.3. The van der Waals surface area contributed by atoms with Gasteiger partial charge in [-0.25, -0.2) is 5.48 Å². The number of hydrogen-bond donors (Lipinski definition) is 2. The number of carbonyl (C=O) groups is 2. The number of nitrogens with one attached hydrogen (secondary N) is 2. The Morgan fingerprint density at radius 2 is 1.90 bits per heavy atom. The molecule has 0 aliphatic rings. The standard InChI is InChI=1S/C12H16Br2N2O3S/c1-5(2)8(11(17)16-19-4)15-12(18)9-6(3)7(13)10(14)20-9/h5,8H,1-4H3,(H,15,18)(H,16,17)/t8-/m0/s1. The molecule has 1 heterocycles. The topological polar surface area (TPSA) is 67.4 Å². The highest BCUT2D eigenvalue weighted by molar-refractivity contribution is 9.13. The highest BCUT2D eigenvalue weighted by Crippen LogP contribution is 2.36. The van der Waals surface area contributed by atoms with E-state index < -0.39 is 6.04 Å². The Bertz CT molecular complexity index is 517. The Morgan fingerprint density at radius 3 is 2.30 bits per heavy atom. The molecular weight excluding hydrogens is 412 g/mol. The van der Waals surface area contributed by atoms with Crippen molar-refractivity contribution in [2.45, 2.75) is 26.8 Å². The van der Waals surface area contributed by atoms with Crippen molar-refractivity contribution in [3.05, 3.63) is 18.7 Å². The molecule has 2 amide bonds. The molecule has 20 heavy (non-hydrogen) atoms. The minimum atomic E-state index is -0.651. The number of rotatable bonds is 5. The summed E-state index contributed by atoms with van der Waals surface area (Å²) in [6, 6.07) is -0.651. The van der Waals surface area contributed by atoms with Crippen LogP contribution in [0.4, 0.5) is 0 Å². The average molecular weight is 428 g/mol. The molecule has 1 atom stereocenters. The third kappa shape index (κ3) is 4.03. The predicted molar refractivity (Wildman–Crippen MR) is 85.7 cm³/mol. The number of halogens is 2. The van der Waals surface area contributed by atoms with Gasteiger partial charge in [-0.2, -0.15) is 0 Å². The first kappa shape index (κ1) is 17.6. The Balaban J connectivity index is 2.91. The molecular formula is C12H16Br2N2O3S. The fraction of sp³-hybridized carbons (Fsp3) is 0.500. The SMILES string of the molecule is CONC(=O)[C@@H](NC(=O)c1sc(Br)c(Br)c1C)C(C)C. The summed E-state index contributed by atoms with van der Waals surface area (Å²) in [5.41, 5.74) is 3.09. The predicted octanol–water partition coefficient (Wildman–Crippen LogP) is 3.01. The molecule has 0 bridgehead atoms. The van der Waals surface area contributed by atoms with E-state index in [1.807, 2.05) is 20.8 Å². The van der Waals surface area contributed by atoms with E-state index in [1.165, 1.54) is 18.4 Å². The zero-order chi connectivity index (χ0) is 15.4. The third-order valence-electron chi connectivity index (χ3n) is 2.68. The van der Waals surface area contributed by atoms with Crippen molar-refractivity contribution < 1.29 is 14.4 Å². The quantitative estimate of drug-likeness (QED) is 0.709. The van der Waals surface area contributed by atoms with Gasteiger partial charge < -0.3 is 5.32 Å². The summed E-state index contributed by atoms with van der Waals surface area (Å²) in [5.74, 6) is -0.701. The smallest absolute Gasteiger partial charge is 0.266 e. The molecule has 1 rings (SSSR count). The maximum Gasteiger partial charge on any atom is 0.266 e. The number of amides is 2. The van der Waals surface area contributed by atoms with Crippen molar-refractivity contribution >= 4 is 55.0 Å². The lowest BCUT2D eigenvalue weighted by molar-refractivity contribution is -0.134. The number of hydrogen-bond acceptors (Lipinski definition) is 4. The molecule has 0 aromatic carbocycles. The summed E-state index contributed by atoms with van der Waals surface area (Å²) in [4.78, 5) is 29.3. The van der Waals surface area contributed by atoms with Crippen LogP contribution in [0.25, 0.3) is 0 Å². The van der Waals surface area contributed by atoms with E-state index in [0.717, 1.165) is 13.8 Å². The second-order valence-electron chi connectivity index (χ2n) is 4.51. The normalized spacial score (nSPS) is 12.3. The average Bonchev–Trinajstić information content (AvgIpc) is 2.63. The first-order chi connectivity index (χ1) is 9.29. The van der Waals surface area contributed by atoms with Crippen molar-refractivity contribution in [3.63, 3.8) is 0 Å². The summed E-state index contributed by atoms with van der Waals surface area (Å²) in [7, 11) is 1.36. The molecule has 8 heteroatoms. The van der Waals surface area contributed by atoms with Gasteiger partial charge in [0, 0.05) is 4.47 Å². The Morgan fingerprint density at radius 1 is 1.30 bits per heavy atom. The lowest BCUT2D eigenvalue weighted by Gasteiger charge is -2.20. The molecule has 0 spiro atoms. The molecule has 5 nitrogen and oxygen atoms in total. The van der Waals surface area contributed by atoms with Crippen molar-refractivity contribution in [2.75, 3.05) is 7.11 Å². The highest BCUT2D eigenvalue weighted by atomic mass is 79.9. The van der Waals surface area contributed by atoms with Crippen LogP contribution in [0.2, 0.25) is 0 Å². The molecule has 0 aliphatic heterocycles.